The minimum Gasteiger partial charge on any atom is -0.496 e. The molecule has 14 heavy (non-hydrogen) atoms. The van der Waals surface area contributed by atoms with Crippen LogP contribution >= 0.6 is 0 Å². The van der Waals surface area contributed by atoms with E-state index in [1.54, 1.807) is 7.11 Å². The number of para-hydroxylation sites is 1. The Balaban J connectivity index is 2.85. The van der Waals surface area contributed by atoms with Gasteiger partial charge in [0.05, 0.1) is 27.7 Å². The highest BCUT2D eigenvalue weighted by molar-refractivity contribution is 5.32. The van der Waals surface area contributed by atoms with Crippen LogP contribution in [0, 0.1) is 0 Å². The van der Waals surface area contributed by atoms with E-state index in [2.05, 4.69) is 33.2 Å². The molecule has 0 unspecified atom stereocenters. The third-order valence-corrected chi connectivity index (χ3v) is 2.65. The zero-order valence-electron chi connectivity index (χ0n) is 9.58. The van der Waals surface area contributed by atoms with Crippen LogP contribution < -0.4 is 4.74 Å². The first-order valence-electron chi connectivity index (χ1n) is 5.03. The number of rotatable bonds is 4. The van der Waals surface area contributed by atoms with Crippen LogP contribution in [0.2, 0.25) is 0 Å². The van der Waals surface area contributed by atoms with Gasteiger partial charge in [0, 0.05) is 5.56 Å². The molecule has 0 spiro atoms. The van der Waals surface area contributed by atoms with Gasteiger partial charge in [0.2, 0.25) is 0 Å². The topological polar surface area (TPSA) is 9.23 Å². The van der Waals surface area contributed by atoms with Gasteiger partial charge < -0.3 is 9.22 Å². The molecule has 1 aromatic rings. The smallest absolute Gasteiger partial charge is 0.127 e. The van der Waals surface area contributed by atoms with E-state index in [4.69, 9.17) is 4.74 Å². The lowest BCUT2D eigenvalue weighted by Crippen LogP contribution is -2.38. The Hall–Kier alpha value is -1.02. The van der Waals surface area contributed by atoms with Crippen LogP contribution in [0.4, 0.5) is 0 Å². The number of quaternary nitrogens is 1. The first-order chi connectivity index (χ1) is 6.59. The van der Waals surface area contributed by atoms with Crippen LogP contribution in [0.3, 0.4) is 0 Å². The van der Waals surface area contributed by atoms with Gasteiger partial charge >= 0.3 is 0 Å². The van der Waals surface area contributed by atoms with Gasteiger partial charge in [-0.3, -0.25) is 0 Å². The second-order valence-corrected chi connectivity index (χ2v) is 4.22. The molecule has 1 aromatic carbocycles. The van der Waals surface area contributed by atoms with Crippen molar-refractivity contribution < 1.29 is 9.22 Å². The molecule has 0 saturated carbocycles. The molecule has 0 aliphatic rings. The lowest BCUT2D eigenvalue weighted by atomic mass is 10.2. The van der Waals surface area contributed by atoms with Gasteiger partial charge in [-0.2, -0.15) is 0 Å². The molecular weight excluding hydrogens is 174 g/mol. The molecule has 0 bridgehead atoms. The van der Waals surface area contributed by atoms with Gasteiger partial charge in [0.15, 0.2) is 0 Å². The highest BCUT2D eigenvalue weighted by Crippen LogP contribution is 2.20. The summed E-state index contributed by atoms with van der Waals surface area (Å²) in [5, 5.41) is 0. The average molecular weight is 194 g/mol. The fourth-order valence-corrected chi connectivity index (χ4v) is 1.41. The number of nitrogens with zero attached hydrogens (tertiary/aromatic N) is 1. The lowest BCUT2D eigenvalue weighted by Gasteiger charge is -2.28. The maximum absolute atomic E-state index is 5.33. The van der Waals surface area contributed by atoms with E-state index in [1.165, 1.54) is 5.56 Å². The summed E-state index contributed by atoms with van der Waals surface area (Å²) >= 11 is 0. The molecule has 2 nitrogen and oxygen atoms in total. The average Bonchev–Trinajstić information content (AvgIpc) is 2.18. The Morgan fingerprint density at radius 2 is 1.86 bits per heavy atom. The normalized spacial score (nSPS) is 11.4. The Morgan fingerprint density at radius 1 is 1.21 bits per heavy atom. The summed E-state index contributed by atoms with van der Waals surface area (Å²) in [5.74, 6) is 0.993. The summed E-state index contributed by atoms with van der Waals surface area (Å²) in [6, 6.07) is 8.22. The predicted octanol–water partition coefficient (Wildman–Crippen LogP) is 2.29. The molecule has 0 fully saturated rings. The van der Waals surface area contributed by atoms with Crippen molar-refractivity contribution in [2.75, 3.05) is 27.7 Å². The van der Waals surface area contributed by atoms with Crippen molar-refractivity contribution in [3.8, 4) is 5.75 Å². The molecule has 1 rings (SSSR count). The molecule has 0 aliphatic heterocycles. The van der Waals surface area contributed by atoms with Crippen LogP contribution in [0.1, 0.15) is 12.5 Å². The summed E-state index contributed by atoms with van der Waals surface area (Å²) in [7, 11) is 6.18. The molecule has 0 heterocycles. The molecule has 0 aliphatic carbocycles. The maximum atomic E-state index is 5.33. The highest BCUT2D eigenvalue weighted by Gasteiger charge is 2.15. The molecule has 0 aromatic heterocycles. The van der Waals surface area contributed by atoms with Crippen molar-refractivity contribution in [2.24, 2.45) is 0 Å². The number of methoxy groups -OCH3 is 1. The van der Waals surface area contributed by atoms with Crippen molar-refractivity contribution in [2.45, 2.75) is 13.5 Å². The fraction of sp³-hybridized carbons (Fsp3) is 0.500. The van der Waals surface area contributed by atoms with Gasteiger partial charge in [0.1, 0.15) is 12.3 Å². The van der Waals surface area contributed by atoms with E-state index in [0.29, 0.717) is 0 Å². The molecule has 0 amide bonds. The zero-order valence-corrected chi connectivity index (χ0v) is 9.58. The van der Waals surface area contributed by atoms with E-state index in [1.807, 2.05) is 12.1 Å². The number of ether oxygens (including phenoxy) is 1. The van der Waals surface area contributed by atoms with E-state index in [9.17, 15) is 0 Å². The molecule has 0 atom stereocenters. The highest BCUT2D eigenvalue weighted by atomic mass is 16.5. The summed E-state index contributed by atoms with van der Waals surface area (Å²) in [4.78, 5) is 0. The van der Waals surface area contributed by atoms with Crippen LogP contribution in [-0.2, 0) is 6.54 Å². The lowest BCUT2D eigenvalue weighted by molar-refractivity contribution is -0.901. The summed E-state index contributed by atoms with van der Waals surface area (Å²) in [5.41, 5.74) is 1.28. The monoisotopic (exact) mass is 194 g/mol. The Morgan fingerprint density at radius 3 is 2.43 bits per heavy atom. The van der Waals surface area contributed by atoms with Crippen molar-refractivity contribution in [1.29, 1.82) is 0 Å². The number of benzene rings is 1. The van der Waals surface area contributed by atoms with Crippen LogP contribution in [-0.4, -0.2) is 32.2 Å². The zero-order chi connectivity index (χ0) is 10.6. The first kappa shape index (κ1) is 11.1. The second kappa shape index (κ2) is 4.47. The van der Waals surface area contributed by atoms with Crippen LogP contribution in [0.25, 0.3) is 0 Å². The molecule has 78 valence electrons. The maximum Gasteiger partial charge on any atom is 0.127 e. The minimum atomic E-state index is 0.986. The largest absolute Gasteiger partial charge is 0.496 e. The van der Waals surface area contributed by atoms with E-state index >= 15 is 0 Å². The standard InChI is InChI=1S/C12H20NO/c1-5-13(2,3)10-11-8-6-7-9-12(11)14-4/h6-9H,5,10H2,1-4H3/q+1. The van der Waals surface area contributed by atoms with Crippen molar-refractivity contribution in [3.05, 3.63) is 29.8 Å². The molecule has 0 saturated heterocycles. The van der Waals surface area contributed by atoms with Crippen molar-refractivity contribution >= 4 is 0 Å². The van der Waals surface area contributed by atoms with Crippen LogP contribution in [0.5, 0.6) is 5.75 Å². The minimum absolute atomic E-state index is 0.986. The van der Waals surface area contributed by atoms with Crippen molar-refractivity contribution in [3.63, 3.8) is 0 Å². The number of hydrogen-bond donors (Lipinski definition) is 0. The van der Waals surface area contributed by atoms with Gasteiger partial charge in [0.25, 0.3) is 0 Å². The van der Waals surface area contributed by atoms with E-state index in [-0.39, 0.29) is 0 Å². The van der Waals surface area contributed by atoms with Crippen molar-refractivity contribution in [1.82, 2.24) is 0 Å². The van der Waals surface area contributed by atoms with Gasteiger partial charge in [-0.05, 0) is 19.1 Å². The van der Waals surface area contributed by atoms with E-state index in [0.717, 1.165) is 23.3 Å². The predicted molar refractivity (Wildman–Crippen MR) is 59.3 cm³/mol. The Labute approximate surface area is 86.7 Å². The quantitative estimate of drug-likeness (QED) is 0.668. The third kappa shape index (κ3) is 2.74. The second-order valence-electron chi connectivity index (χ2n) is 4.22. The van der Waals surface area contributed by atoms with E-state index < -0.39 is 0 Å². The molecule has 2 heteroatoms. The summed E-state index contributed by atoms with van der Waals surface area (Å²) in [6.45, 7) is 4.34. The Bertz CT molecular complexity index is 294. The fourth-order valence-electron chi connectivity index (χ4n) is 1.41. The summed E-state index contributed by atoms with van der Waals surface area (Å²) < 4.78 is 6.31. The molecule has 0 N–H and O–H groups in total. The Kier molecular flexibility index (Phi) is 3.53. The van der Waals surface area contributed by atoms with Gasteiger partial charge in [-0.25, -0.2) is 0 Å². The molecular formula is C12H20NO+. The SMILES string of the molecule is CC[N+](C)(C)Cc1ccccc1OC. The number of hydrogen-bond acceptors (Lipinski definition) is 1. The summed E-state index contributed by atoms with van der Waals surface area (Å²) in [6.07, 6.45) is 0. The van der Waals surface area contributed by atoms with Crippen LogP contribution in [0.15, 0.2) is 24.3 Å². The molecule has 0 radical (unpaired) electrons. The third-order valence-electron chi connectivity index (χ3n) is 2.65. The van der Waals surface area contributed by atoms with Gasteiger partial charge in [-0.1, -0.05) is 12.1 Å². The van der Waals surface area contributed by atoms with Gasteiger partial charge in [-0.15, -0.1) is 0 Å². The first-order valence-corrected chi connectivity index (χ1v) is 5.03.